The minimum atomic E-state index is -0.129. The highest BCUT2D eigenvalue weighted by atomic mass is 16.2. The number of hydrogen-bond acceptors (Lipinski definition) is 2. The number of nitrogens with one attached hydrogen (secondary N) is 3. The van der Waals surface area contributed by atoms with Crippen molar-refractivity contribution in [3.05, 3.63) is 42.5 Å². The molecule has 22 heavy (non-hydrogen) atoms. The highest BCUT2D eigenvalue weighted by Crippen LogP contribution is 2.27. The first-order chi connectivity index (χ1) is 10.7. The predicted octanol–water partition coefficient (Wildman–Crippen LogP) is 3.35. The monoisotopic (exact) mass is 297 g/mol. The molecule has 116 valence electrons. The third kappa shape index (κ3) is 3.39. The molecule has 2 aromatic carbocycles. The molecule has 1 fully saturated rings. The Kier molecular flexibility index (Phi) is 4.29. The molecule has 4 heteroatoms. The molecule has 1 heterocycles. The topological polar surface area (TPSA) is 53.2 Å². The van der Waals surface area contributed by atoms with E-state index in [-0.39, 0.29) is 11.4 Å². The minimum Gasteiger partial charge on any atom is -0.337 e. The van der Waals surface area contributed by atoms with Crippen LogP contribution >= 0.6 is 0 Å². The van der Waals surface area contributed by atoms with Gasteiger partial charge in [0.05, 0.1) is 5.69 Å². The summed E-state index contributed by atoms with van der Waals surface area (Å²) in [6.45, 7) is 5.02. The van der Waals surface area contributed by atoms with E-state index in [9.17, 15) is 4.79 Å². The van der Waals surface area contributed by atoms with Gasteiger partial charge in [0.1, 0.15) is 0 Å². The van der Waals surface area contributed by atoms with Crippen molar-refractivity contribution in [2.24, 2.45) is 5.41 Å². The van der Waals surface area contributed by atoms with Gasteiger partial charge in [0, 0.05) is 11.9 Å². The van der Waals surface area contributed by atoms with E-state index in [1.807, 2.05) is 30.3 Å². The first-order valence-corrected chi connectivity index (χ1v) is 7.90. The fourth-order valence-corrected chi connectivity index (χ4v) is 3.00. The van der Waals surface area contributed by atoms with Gasteiger partial charge in [-0.3, -0.25) is 0 Å². The van der Waals surface area contributed by atoms with Crippen molar-refractivity contribution in [3.8, 4) is 0 Å². The van der Waals surface area contributed by atoms with Crippen molar-refractivity contribution in [2.45, 2.75) is 19.8 Å². The second-order valence-corrected chi connectivity index (χ2v) is 6.40. The van der Waals surface area contributed by atoms with Crippen LogP contribution in [-0.4, -0.2) is 25.7 Å². The van der Waals surface area contributed by atoms with Crippen LogP contribution in [0.2, 0.25) is 0 Å². The summed E-state index contributed by atoms with van der Waals surface area (Å²) in [5, 5.41) is 11.6. The number of piperidine rings is 1. The Bertz CT molecular complexity index is 657. The maximum atomic E-state index is 12.2. The van der Waals surface area contributed by atoms with Crippen LogP contribution in [0.5, 0.6) is 0 Å². The Balaban J connectivity index is 1.63. The van der Waals surface area contributed by atoms with Gasteiger partial charge < -0.3 is 16.0 Å². The van der Waals surface area contributed by atoms with Crippen LogP contribution in [0.3, 0.4) is 0 Å². The van der Waals surface area contributed by atoms with E-state index >= 15 is 0 Å². The molecule has 0 bridgehead atoms. The Labute approximate surface area is 131 Å². The van der Waals surface area contributed by atoms with E-state index in [0.29, 0.717) is 6.54 Å². The first-order valence-electron chi connectivity index (χ1n) is 7.90. The zero-order valence-corrected chi connectivity index (χ0v) is 13.0. The first kappa shape index (κ1) is 14.9. The second-order valence-electron chi connectivity index (χ2n) is 6.40. The van der Waals surface area contributed by atoms with Gasteiger partial charge in [0.15, 0.2) is 0 Å². The van der Waals surface area contributed by atoms with Crippen molar-refractivity contribution in [1.29, 1.82) is 0 Å². The van der Waals surface area contributed by atoms with E-state index < -0.39 is 0 Å². The Morgan fingerprint density at radius 3 is 2.68 bits per heavy atom. The maximum absolute atomic E-state index is 12.2. The van der Waals surface area contributed by atoms with Crippen molar-refractivity contribution >= 4 is 22.5 Å². The molecule has 0 aliphatic carbocycles. The highest BCUT2D eigenvalue weighted by Gasteiger charge is 2.26. The van der Waals surface area contributed by atoms with Crippen LogP contribution < -0.4 is 16.0 Å². The van der Waals surface area contributed by atoms with E-state index in [1.54, 1.807) is 0 Å². The van der Waals surface area contributed by atoms with Crippen molar-refractivity contribution in [3.63, 3.8) is 0 Å². The van der Waals surface area contributed by atoms with Gasteiger partial charge in [-0.05, 0) is 42.8 Å². The summed E-state index contributed by atoms with van der Waals surface area (Å²) in [4.78, 5) is 12.2. The van der Waals surface area contributed by atoms with E-state index in [0.717, 1.165) is 42.4 Å². The molecule has 3 N–H and O–H groups in total. The van der Waals surface area contributed by atoms with Gasteiger partial charge in [-0.1, -0.05) is 43.3 Å². The van der Waals surface area contributed by atoms with Crippen LogP contribution in [0, 0.1) is 5.41 Å². The number of anilines is 1. The minimum absolute atomic E-state index is 0.129. The molecular formula is C18H23N3O. The standard InChI is InChI=1S/C18H23N3O/c1-18(9-11-19-12-10-18)13-20-17(22)21-16-8-4-6-14-5-2-3-7-15(14)16/h2-8,19H,9-13H2,1H3,(H2,20,21,22). The summed E-state index contributed by atoms with van der Waals surface area (Å²) in [7, 11) is 0. The molecule has 1 aliphatic rings. The summed E-state index contributed by atoms with van der Waals surface area (Å²) in [6.07, 6.45) is 2.20. The highest BCUT2D eigenvalue weighted by molar-refractivity contribution is 6.01. The molecule has 0 unspecified atom stereocenters. The van der Waals surface area contributed by atoms with Crippen molar-refractivity contribution < 1.29 is 4.79 Å². The third-order valence-corrected chi connectivity index (χ3v) is 4.52. The number of fused-ring (bicyclic) bond motifs is 1. The van der Waals surface area contributed by atoms with Gasteiger partial charge in [-0.15, -0.1) is 0 Å². The third-order valence-electron chi connectivity index (χ3n) is 4.52. The van der Waals surface area contributed by atoms with Gasteiger partial charge in [0.2, 0.25) is 0 Å². The van der Waals surface area contributed by atoms with Gasteiger partial charge in [-0.25, -0.2) is 4.79 Å². The Hall–Kier alpha value is -2.07. The molecule has 1 aliphatic heterocycles. The lowest BCUT2D eigenvalue weighted by Gasteiger charge is -2.34. The number of carbonyl (C=O) groups excluding carboxylic acids is 1. The van der Waals surface area contributed by atoms with Crippen LogP contribution in [0.15, 0.2) is 42.5 Å². The molecule has 0 saturated carbocycles. The van der Waals surface area contributed by atoms with Crippen molar-refractivity contribution in [2.75, 3.05) is 25.0 Å². The van der Waals surface area contributed by atoms with Crippen LogP contribution in [-0.2, 0) is 0 Å². The van der Waals surface area contributed by atoms with Crippen LogP contribution in [0.4, 0.5) is 10.5 Å². The molecule has 1 saturated heterocycles. The molecule has 0 spiro atoms. The average molecular weight is 297 g/mol. The zero-order valence-electron chi connectivity index (χ0n) is 13.0. The Morgan fingerprint density at radius 2 is 1.86 bits per heavy atom. The smallest absolute Gasteiger partial charge is 0.319 e. The van der Waals surface area contributed by atoms with Crippen LogP contribution in [0.1, 0.15) is 19.8 Å². The number of amides is 2. The molecule has 0 aromatic heterocycles. The number of hydrogen-bond donors (Lipinski definition) is 3. The number of rotatable bonds is 3. The van der Waals surface area contributed by atoms with E-state index in [4.69, 9.17) is 0 Å². The average Bonchev–Trinajstić information content (AvgIpc) is 2.54. The lowest BCUT2D eigenvalue weighted by Crippen LogP contribution is -2.44. The zero-order chi connectivity index (χ0) is 15.4. The fourth-order valence-electron chi connectivity index (χ4n) is 3.00. The largest absolute Gasteiger partial charge is 0.337 e. The quantitative estimate of drug-likeness (QED) is 0.814. The van der Waals surface area contributed by atoms with Gasteiger partial charge >= 0.3 is 6.03 Å². The summed E-state index contributed by atoms with van der Waals surface area (Å²) in [5.41, 5.74) is 1.05. The summed E-state index contributed by atoms with van der Waals surface area (Å²) < 4.78 is 0. The molecule has 2 amide bonds. The molecule has 4 nitrogen and oxygen atoms in total. The fraction of sp³-hybridized carbons (Fsp3) is 0.389. The summed E-state index contributed by atoms with van der Waals surface area (Å²) in [5.74, 6) is 0. The number of urea groups is 1. The maximum Gasteiger partial charge on any atom is 0.319 e. The normalized spacial score (nSPS) is 17.1. The Morgan fingerprint density at radius 1 is 1.14 bits per heavy atom. The molecule has 0 radical (unpaired) electrons. The summed E-state index contributed by atoms with van der Waals surface area (Å²) >= 11 is 0. The van der Waals surface area contributed by atoms with E-state index in [1.165, 1.54) is 0 Å². The van der Waals surface area contributed by atoms with Crippen molar-refractivity contribution in [1.82, 2.24) is 10.6 Å². The summed E-state index contributed by atoms with van der Waals surface area (Å²) in [6, 6.07) is 13.9. The SMILES string of the molecule is CC1(CNC(=O)Nc2cccc3ccccc23)CCNCC1. The molecule has 0 atom stereocenters. The molecular weight excluding hydrogens is 274 g/mol. The lowest BCUT2D eigenvalue weighted by molar-refractivity contribution is 0.213. The van der Waals surface area contributed by atoms with E-state index in [2.05, 4.69) is 35.0 Å². The molecule has 2 aromatic rings. The number of benzene rings is 2. The predicted molar refractivity (Wildman–Crippen MR) is 91.2 cm³/mol. The lowest BCUT2D eigenvalue weighted by atomic mass is 9.81. The van der Waals surface area contributed by atoms with Gasteiger partial charge in [0.25, 0.3) is 0 Å². The second kappa shape index (κ2) is 6.36. The van der Waals surface area contributed by atoms with Gasteiger partial charge in [-0.2, -0.15) is 0 Å². The van der Waals surface area contributed by atoms with Crippen LogP contribution in [0.25, 0.3) is 10.8 Å². The number of carbonyl (C=O) groups is 1. The molecule has 3 rings (SSSR count).